The van der Waals surface area contributed by atoms with Crippen LogP contribution in [0.5, 0.6) is 0 Å². The van der Waals surface area contributed by atoms with Crippen molar-refractivity contribution in [1.82, 2.24) is 5.32 Å². The number of amides is 1. The van der Waals surface area contributed by atoms with E-state index in [-0.39, 0.29) is 18.2 Å². The van der Waals surface area contributed by atoms with Crippen LogP contribution in [-0.4, -0.2) is 18.2 Å². The van der Waals surface area contributed by atoms with Gasteiger partial charge in [-0.15, -0.1) is 0 Å². The van der Waals surface area contributed by atoms with E-state index in [9.17, 15) is 4.79 Å². The molecule has 0 aromatic carbocycles. The highest BCUT2D eigenvalue weighted by molar-refractivity contribution is 5.70. The molecule has 2 aliphatic rings. The zero-order valence-electron chi connectivity index (χ0n) is 5.54. The lowest BCUT2D eigenvalue weighted by atomic mass is 10.00. The Kier molecular flexibility index (Phi) is 1.16. The molecule has 1 saturated heterocycles. The second-order valence-corrected chi connectivity index (χ2v) is 2.64. The third kappa shape index (κ3) is 0.781. The van der Waals surface area contributed by atoms with Gasteiger partial charge in [-0.25, -0.2) is 4.79 Å². The average molecular weight is 139 g/mol. The Morgan fingerprint density at radius 1 is 1.50 bits per heavy atom. The van der Waals surface area contributed by atoms with Gasteiger partial charge in [-0.2, -0.15) is 0 Å². The first-order valence-corrected chi connectivity index (χ1v) is 3.48. The van der Waals surface area contributed by atoms with Gasteiger partial charge in [0.1, 0.15) is 6.10 Å². The summed E-state index contributed by atoms with van der Waals surface area (Å²) >= 11 is 0. The summed E-state index contributed by atoms with van der Waals surface area (Å²) in [6, 6.07) is 0.234. The molecule has 1 amide bonds. The largest absolute Gasteiger partial charge is 0.444 e. The Morgan fingerprint density at radius 2 is 2.30 bits per heavy atom. The third-order valence-corrected chi connectivity index (χ3v) is 1.94. The third-order valence-electron chi connectivity index (χ3n) is 1.94. The van der Waals surface area contributed by atoms with Crippen LogP contribution >= 0.6 is 0 Å². The molecular formula is C7H9NO2. The van der Waals surface area contributed by atoms with E-state index in [0.29, 0.717) is 0 Å². The molecule has 0 aromatic rings. The van der Waals surface area contributed by atoms with E-state index in [1.165, 1.54) is 0 Å². The molecule has 0 unspecified atom stereocenters. The lowest BCUT2D eigenvalue weighted by Crippen LogP contribution is -2.32. The number of carbonyl (C=O) groups excluding carboxylic acids is 1. The SMILES string of the molecule is O=C1N[C@H]2CC=CC[C@@H]2O1. The van der Waals surface area contributed by atoms with Gasteiger partial charge in [0, 0.05) is 6.42 Å². The van der Waals surface area contributed by atoms with E-state index >= 15 is 0 Å². The van der Waals surface area contributed by atoms with Crippen molar-refractivity contribution in [1.29, 1.82) is 0 Å². The minimum Gasteiger partial charge on any atom is -0.444 e. The number of alkyl carbamates (subject to hydrolysis) is 1. The fourth-order valence-corrected chi connectivity index (χ4v) is 1.39. The first kappa shape index (κ1) is 5.77. The summed E-state index contributed by atoms with van der Waals surface area (Å²) in [7, 11) is 0. The molecule has 0 spiro atoms. The quantitative estimate of drug-likeness (QED) is 0.504. The number of hydrogen-bond donors (Lipinski definition) is 1. The zero-order valence-corrected chi connectivity index (χ0v) is 5.54. The zero-order chi connectivity index (χ0) is 6.97. The van der Waals surface area contributed by atoms with E-state index in [2.05, 4.69) is 17.5 Å². The monoisotopic (exact) mass is 139 g/mol. The van der Waals surface area contributed by atoms with Crippen LogP contribution in [0, 0.1) is 0 Å². The van der Waals surface area contributed by atoms with Gasteiger partial charge in [-0.1, -0.05) is 12.2 Å². The van der Waals surface area contributed by atoms with Gasteiger partial charge >= 0.3 is 6.09 Å². The van der Waals surface area contributed by atoms with Gasteiger partial charge in [0.25, 0.3) is 0 Å². The first-order chi connectivity index (χ1) is 4.86. The summed E-state index contributed by atoms with van der Waals surface area (Å²) < 4.78 is 4.96. The van der Waals surface area contributed by atoms with Gasteiger partial charge < -0.3 is 10.1 Å². The Bertz CT molecular complexity index is 170. The minimum atomic E-state index is -0.265. The van der Waals surface area contributed by atoms with Crippen molar-refractivity contribution in [3.63, 3.8) is 0 Å². The molecule has 2 atom stereocenters. The molecular weight excluding hydrogens is 130 g/mol. The fourth-order valence-electron chi connectivity index (χ4n) is 1.39. The molecule has 1 fully saturated rings. The van der Waals surface area contributed by atoms with Crippen LogP contribution in [-0.2, 0) is 4.74 Å². The van der Waals surface area contributed by atoms with E-state index in [0.717, 1.165) is 12.8 Å². The number of hydrogen-bond acceptors (Lipinski definition) is 2. The molecule has 1 aliphatic heterocycles. The van der Waals surface area contributed by atoms with Crippen molar-refractivity contribution < 1.29 is 9.53 Å². The summed E-state index contributed by atoms with van der Waals surface area (Å²) in [5.74, 6) is 0. The average Bonchev–Trinajstić information content (AvgIpc) is 2.27. The molecule has 10 heavy (non-hydrogen) atoms. The minimum absolute atomic E-state index is 0.0949. The smallest absolute Gasteiger partial charge is 0.407 e. The number of rotatable bonds is 0. The lowest BCUT2D eigenvalue weighted by Gasteiger charge is -2.16. The van der Waals surface area contributed by atoms with Crippen molar-refractivity contribution in [3.8, 4) is 0 Å². The normalized spacial score (nSPS) is 36.6. The topological polar surface area (TPSA) is 38.3 Å². The van der Waals surface area contributed by atoms with Gasteiger partial charge in [-0.3, -0.25) is 0 Å². The van der Waals surface area contributed by atoms with Crippen LogP contribution in [0.1, 0.15) is 12.8 Å². The Morgan fingerprint density at radius 3 is 3.10 bits per heavy atom. The van der Waals surface area contributed by atoms with E-state index in [1.807, 2.05) is 0 Å². The lowest BCUT2D eigenvalue weighted by molar-refractivity contribution is 0.131. The summed E-state index contributed by atoms with van der Waals surface area (Å²) in [5.41, 5.74) is 0. The van der Waals surface area contributed by atoms with Gasteiger partial charge in [0.05, 0.1) is 6.04 Å². The molecule has 0 aromatic heterocycles. The van der Waals surface area contributed by atoms with Crippen molar-refractivity contribution in [2.24, 2.45) is 0 Å². The molecule has 1 aliphatic carbocycles. The van der Waals surface area contributed by atoms with Gasteiger partial charge in [0.2, 0.25) is 0 Å². The van der Waals surface area contributed by atoms with Crippen LogP contribution in [0.25, 0.3) is 0 Å². The fraction of sp³-hybridized carbons (Fsp3) is 0.571. The van der Waals surface area contributed by atoms with E-state index in [1.54, 1.807) is 0 Å². The van der Waals surface area contributed by atoms with Crippen molar-refractivity contribution in [2.75, 3.05) is 0 Å². The number of carbonyl (C=O) groups is 1. The molecule has 54 valence electrons. The standard InChI is InChI=1S/C7H9NO2/c9-7-8-5-3-1-2-4-6(5)10-7/h1-2,5-6H,3-4H2,(H,8,9)/t5-,6-/m0/s1. The molecule has 2 rings (SSSR count). The number of ether oxygens (including phenoxy) is 1. The predicted molar refractivity (Wildman–Crippen MR) is 35.6 cm³/mol. The first-order valence-electron chi connectivity index (χ1n) is 3.48. The van der Waals surface area contributed by atoms with E-state index < -0.39 is 0 Å². The van der Waals surface area contributed by atoms with Crippen LogP contribution in [0.4, 0.5) is 4.79 Å². The number of nitrogens with one attached hydrogen (secondary N) is 1. The Balaban J connectivity index is 2.11. The predicted octanol–water partition coefficient (Wildman–Crippen LogP) is 0.813. The van der Waals surface area contributed by atoms with Crippen molar-refractivity contribution in [3.05, 3.63) is 12.2 Å². The Labute approximate surface area is 59.1 Å². The van der Waals surface area contributed by atoms with Gasteiger partial charge in [-0.05, 0) is 6.42 Å². The Hall–Kier alpha value is -0.990. The molecule has 3 heteroatoms. The molecule has 1 heterocycles. The molecule has 0 radical (unpaired) electrons. The maximum absolute atomic E-state index is 10.6. The van der Waals surface area contributed by atoms with Crippen LogP contribution in [0.3, 0.4) is 0 Å². The molecule has 1 N–H and O–H groups in total. The summed E-state index contributed by atoms with van der Waals surface area (Å²) in [4.78, 5) is 10.6. The highest BCUT2D eigenvalue weighted by atomic mass is 16.6. The second kappa shape index (κ2) is 2.01. The maximum atomic E-state index is 10.6. The summed E-state index contributed by atoms with van der Waals surface area (Å²) in [6.45, 7) is 0. The van der Waals surface area contributed by atoms with Crippen molar-refractivity contribution in [2.45, 2.75) is 25.0 Å². The number of fused-ring (bicyclic) bond motifs is 1. The highest BCUT2D eigenvalue weighted by Gasteiger charge is 2.33. The van der Waals surface area contributed by atoms with Crippen LogP contribution in [0.2, 0.25) is 0 Å². The van der Waals surface area contributed by atoms with E-state index in [4.69, 9.17) is 4.74 Å². The maximum Gasteiger partial charge on any atom is 0.407 e. The molecule has 0 bridgehead atoms. The van der Waals surface area contributed by atoms with Crippen LogP contribution < -0.4 is 5.32 Å². The molecule has 3 nitrogen and oxygen atoms in total. The van der Waals surface area contributed by atoms with Gasteiger partial charge in [0.15, 0.2) is 0 Å². The molecule has 0 saturated carbocycles. The highest BCUT2D eigenvalue weighted by Crippen LogP contribution is 2.20. The summed E-state index contributed by atoms with van der Waals surface area (Å²) in [6.07, 6.45) is 5.74. The van der Waals surface area contributed by atoms with Crippen molar-refractivity contribution >= 4 is 6.09 Å². The van der Waals surface area contributed by atoms with Crippen LogP contribution in [0.15, 0.2) is 12.2 Å². The second-order valence-electron chi connectivity index (χ2n) is 2.64. The summed E-state index contributed by atoms with van der Waals surface area (Å²) in [5, 5.41) is 2.74.